The summed E-state index contributed by atoms with van der Waals surface area (Å²) >= 11 is 0. The van der Waals surface area contributed by atoms with Crippen LogP contribution in [0.25, 0.3) is 0 Å². The first kappa shape index (κ1) is 17.1. The number of methoxy groups -OCH3 is 2. The van der Waals surface area contributed by atoms with E-state index in [2.05, 4.69) is 5.32 Å². The molecule has 0 bridgehead atoms. The van der Waals surface area contributed by atoms with Crippen molar-refractivity contribution in [2.75, 3.05) is 31.9 Å². The van der Waals surface area contributed by atoms with E-state index in [9.17, 15) is 9.59 Å². The summed E-state index contributed by atoms with van der Waals surface area (Å²) in [6, 6.07) is 11.3. The van der Waals surface area contributed by atoms with Crippen molar-refractivity contribution in [3.05, 3.63) is 48.0 Å². The number of carbonyl (C=O) groups is 2. The molecule has 0 saturated carbocycles. The summed E-state index contributed by atoms with van der Waals surface area (Å²) in [5.41, 5.74) is 6.83. The molecule has 0 saturated heterocycles. The first-order chi connectivity index (χ1) is 11.5. The van der Waals surface area contributed by atoms with E-state index >= 15 is 0 Å². The van der Waals surface area contributed by atoms with Crippen LogP contribution in [0.15, 0.2) is 42.5 Å². The Kier molecular flexibility index (Phi) is 5.62. The standard InChI is InChI=1S/C17H18N2O5/c1-22-13-5-3-4-12(9-13)19-16(20)10-24-17(21)11-6-7-15(23-2)14(18)8-11/h3-9H,10,18H2,1-2H3,(H,19,20). The van der Waals surface area contributed by atoms with Crippen LogP contribution in [0.5, 0.6) is 11.5 Å². The van der Waals surface area contributed by atoms with Gasteiger partial charge in [0.1, 0.15) is 11.5 Å². The van der Waals surface area contributed by atoms with E-state index in [1.807, 2.05) is 0 Å². The van der Waals surface area contributed by atoms with Crippen LogP contribution in [0.3, 0.4) is 0 Å². The maximum absolute atomic E-state index is 11.9. The monoisotopic (exact) mass is 330 g/mol. The Morgan fingerprint density at radius 1 is 1.08 bits per heavy atom. The van der Waals surface area contributed by atoms with Crippen LogP contribution in [0.4, 0.5) is 11.4 Å². The number of nitrogens with two attached hydrogens (primary N) is 1. The minimum absolute atomic E-state index is 0.238. The fourth-order valence-electron chi connectivity index (χ4n) is 1.97. The number of amides is 1. The molecule has 0 fully saturated rings. The molecule has 3 N–H and O–H groups in total. The van der Waals surface area contributed by atoms with Crippen LogP contribution in [0, 0.1) is 0 Å². The third-order valence-corrected chi connectivity index (χ3v) is 3.15. The molecule has 24 heavy (non-hydrogen) atoms. The predicted molar refractivity (Wildman–Crippen MR) is 89.3 cm³/mol. The predicted octanol–water partition coefficient (Wildman–Crippen LogP) is 2.08. The van der Waals surface area contributed by atoms with Gasteiger partial charge < -0.3 is 25.3 Å². The normalized spacial score (nSPS) is 9.92. The van der Waals surface area contributed by atoms with Crippen molar-refractivity contribution in [1.82, 2.24) is 0 Å². The molecule has 7 nitrogen and oxygen atoms in total. The quantitative estimate of drug-likeness (QED) is 0.621. The number of ether oxygens (including phenoxy) is 3. The van der Waals surface area contributed by atoms with E-state index in [0.717, 1.165) is 0 Å². The smallest absolute Gasteiger partial charge is 0.338 e. The van der Waals surface area contributed by atoms with Crippen LogP contribution < -0.4 is 20.5 Å². The zero-order chi connectivity index (χ0) is 17.5. The lowest BCUT2D eigenvalue weighted by atomic mass is 10.2. The van der Waals surface area contributed by atoms with Crippen LogP contribution in [-0.4, -0.2) is 32.7 Å². The second-order valence-corrected chi connectivity index (χ2v) is 4.81. The molecule has 2 aromatic rings. The summed E-state index contributed by atoms with van der Waals surface area (Å²) in [4.78, 5) is 23.8. The Balaban J connectivity index is 1.91. The minimum atomic E-state index is -0.648. The van der Waals surface area contributed by atoms with Crippen LogP contribution >= 0.6 is 0 Å². The molecule has 0 aliphatic rings. The van der Waals surface area contributed by atoms with Gasteiger partial charge in [-0.3, -0.25) is 4.79 Å². The molecule has 0 spiro atoms. The molecule has 0 radical (unpaired) electrons. The van der Waals surface area contributed by atoms with E-state index < -0.39 is 18.5 Å². The van der Waals surface area contributed by atoms with Crippen molar-refractivity contribution >= 4 is 23.3 Å². The number of nitrogens with one attached hydrogen (secondary N) is 1. The summed E-state index contributed by atoms with van der Waals surface area (Å²) < 4.78 is 15.0. The van der Waals surface area contributed by atoms with Gasteiger partial charge in [0, 0.05) is 11.8 Å². The van der Waals surface area contributed by atoms with E-state index in [1.165, 1.54) is 26.4 Å². The van der Waals surface area contributed by atoms with Crippen molar-refractivity contribution in [3.8, 4) is 11.5 Å². The number of rotatable bonds is 6. The molecule has 0 aliphatic heterocycles. The molecule has 2 rings (SSSR count). The summed E-state index contributed by atoms with van der Waals surface area (Å²) in [7, 11) is 3.01. The van der Waals surface area contributed by atoms with E-state index in [-0.39, 0.29) is 5.56 Å². The Morgan fingerprint density at radius 2 is 1.88 bits per heavy atom. The average molecular weight is 330 g/mol. The second kappa shape index (κ2) is 7.87. The molecule has 1 amide bonds. The van der Waals surface area contributed by atoms with Gasteiger partial charge in [-0.1, -0.05) is 6.07 Å². The van der Waals surface area contributed by atoms with Gasteiger partial charge in [0.15, 0.2) is 6.61 Å². The van der Waals surface area contributed by atoms with Crippen LogP contribution in [-0.2, 0) is 9.53 Å². The molecule has 0 heterocycles. The van der Waals surface area contributed by atoms with Gasteiger partial charge in [-0.2, -0.15) is 0 Å². The maximum atomic E-state index is 11.9. The molecular weight excluding hydrogens is 312 g/mol. The Morgan fingerprint density at radius 3 is 2.54 bits per heavy atom. The summed E-state index contributed by atoms with van der Waals surface area (Å²) in [6.07, 6.45) is 0. The highest BCUT2D eigenvalue weighted by Gasteiger charge is 2.12. The van der Waals surface area contributed by atoms with E-state index in [1.54, 1.807) is 30.3 Å². The first-order valence-corrected chi connectivity index (χ1v) is 7.08. The lowest BCUT2D eigenvalue weighted by Crippen LogP contribution is -2.21. The van der Waals surface area contributed by atoms with Gasteiger partial charge in [0.2, 0.25) is 0 Å². The topological polar surface area (TPSA) is 99.9 Å². The maximum Gasteiger partial charge on any atom is 0.338 e. The number of anilines is 2. The lowest BCUT2D eigenvalue weighted by Gasteiger charge is -2.09. The third kappa shape index (κ3) is 4.39. The van der Waals surface area contributed by atoms with Gasteiger partial charge >= 0.3 is 5.97 Å². The molecule has 2 aromatic carbocycles. The molecular formula is C17H18N2O5. The van der Waals surface area contributed by atoms with Crippen LogP contribution in [0.1, 0.15) is 10.4 Å². The highest BCUT2D eigenvalue weighted by atomic mass is 16.5. The SMILES string of the molecule is COc1cccc(NC(=O)COC(=O)c2ccc(OC)c(N)c2)c1. The lowest BCUT2D eigenvalue weighted by molar-refractivity contribution is -0.119. The van der Waals surface area contributed by atoms with Crippen molar-refractivity contribution in [2.45, 2.75) is 0 Å². The van der Waals surface area contributed by atoms with Gasteiger partial charge in [-0.25, -0.2) is 4.79 Å². The van der Waals surface area contributed by atoms with Gasteiger partial charge in [0.05, 0.1) is 25.5 Å². The molecule has 0 aliphatic carbocycles. The minimum Gasteiger partial charge on any atom is -0.497 e. The van der Waals surface area contributed by atoms with Crippen LogP contribution in [0.2, 0.25) is 0 Å². The fourth-order valence-corrected chi connectivity index (χ4v) is 1.97. The first-order valence-electron chi connectivity index (χ1n) is 7.08. The van der Waals surface area contributed by atoms with Crippen molar-refractivity contribution < 1.29 is 23.8 Å². The van der Waals surface area contributed by atoms with Gasteiger partial charge in [0.25, 0.3) is 5.91 Å². The van der Waals surface area contributed by atoms with E-state index in [0.29, 0.717) is 22.9 Å². The summed E-state index contributed by atoms with van der Waals surface area (Å²) in [5.74, 6) is -0.0379. The number of hydrogen-bond donors (Lipinski definition) is 2. The van der Waals surface area contributed by atoms with Gasteiger partial charge in [-0.05, 0) is 30.3 Å². The summed E-state index contributed by atoms with van der Waals surface area (Å²) in [5, 5.41) is 2.61. The highest BCUT2D eigenvalue weighted by Crippen LogP contribution is 2.22. The fraction of sp³-hybridized carbons (Fsp3) is 0.176. The third-order valence-electron chi connectivity index (χ3n) is 3.15. The largest absolute Gasteiger partial charge is 0.497 e. The molecule has 0 unspecified atom stereocenters. The zero-order valence-corrected chi connectivity index (χ0v) is 13.4. The molecule has 0 aromatic heterocycles. The zero-order valence-electron chi connectivity index (χ0n) is 13.4. The molecule has 126 valence electrons. The Hall–Kier alpha value is -3.22. The molecule has 7 heteroatoms. The van der Waals surface area contributed by atoms with Gasteiger partial charge in [-0.15, -0.1) is 0 Å². The number of benzene rings is 2. The van der Waals surface area contributed by atoms with Crippen molar-refractivity contribution in [2.24, 2.45) is 0 Å². The Labute approximate surface area is 139 Å². The number of esters is 1. The molecule has 0 atom stereocenters. The second-order valence-electron chi connectivity index (χ2n) is 4.81. The highest BCUT2D eigenvalue weighted by molar-refractivity contribution is 5.96. The summed E-state index contributed by atoms with van der Waals surface area (Å²) in [6.45, 7) is -0.415. The number of carbonyl (C=O) groups excluding carboxylic acids is 2. The van der Waals surface area contributed by atoms with Crippen molar-refractivity contribution in [1.29, 1.82) is 0 Å². The Bertz CT molecular complexity index is 746. The average Bonchev–Trinajstić information content (AvgIpc) is 2.59. The number of nitrogen functional groups attached to an aromatic ring is 1. The van der Waals surface area contributed by atoms with Crippen molar-refractivity contribution in [3.63, 3.8) is 0 Å². The number of hydrogen-bond acceptors (Lipinski definition) is 6. The van der Waals surface area contributed by atoms with E-state index in [4.69, 9.17) is 19.9 Å².